The van der Waals surface area contributed by atoms with Crippen molar-refractivity contribution in [1.29, 1.82) is 0 Å². The average molecular weight is 374 g/mol. The molecule has 0 bridgehead atoms. The van der Waals surface area contributed by atoms with E-state index >= 15 is 0 Å². The number of hydrogen-bond acceptors (Lipinski definition) is 3. The number of hydrogen-bond donors (Lipinski definition) is 1. The lowest BCUT2D eigenvalue weighted by Gasteiger charge is -2.04. The Kier molecular flexibility index (Phi) is 3.67. The predicted molar refractivity (Wildman–Crippen MR) is 87.1 cm³/mol. The molecule has 0 radical (unpaired) electrons. The number of rotatable bonds is 2. The van der Waals surface area contributed by atoms with Crippen LogP contribution in [0.5, 0.6) is 0 Å². The van der Waals surface area contributed by atoms with Gasteiger partial charge in [-0.05, 0) is 36.4 Å². The Balaban J connectivity index is 1.98. The van der Waals surface area contributed by atoms with Crippen LogP contribution in [0.15, 0.2) is 40.9 Å². The second kappa shape index (κ2) is 5.29. The summed E-state index contributed by atoms with van der Waals surface area (Å²) in [5, 5.41) is 5.24. The highest BCUT2D eigenvalue weighted by atomic mass is 79.9. The number of nitrogens with one attached hydrogen (secondary N) is 1. The van der Waals surface area contributed by atoms with Crippen LogP contribution in [0.25, 0.3) is 10.2 Å². The summed E-state index contributed by atoms with van der Waals surface area (Å²) >= 11 is 17.1. The number of thiazole rings is 1. The Hall–Kier alpha value is -0.810. The molecule has 1 aromatic heterocycles. The molecular formula is C13H7BrCl2N2S. The Bertz CT molecular complexity index is 757. The van der Waals surface area contributed by atoms with Crippen LogP contribution >= 0.6 is 50.5 Å². The van der Waals surface area contributed by atoms with Gasteiger partial charge < -0.3 is 5.32 Å². The van der Waals surface area contributed by atoms with Crippen LogP contribution in [0.4, 0.5) is 10.8 Å². The summed E-state index contributed by atoms with van der Waals surface area (Å²) in [7, 11) is 0. The molecule has 0 saturated heterocycles. The zero-order chi connectivity index (χ0) is 13.4. The predicted octanol–water partition coefficient (Wildman–Crippen LogP) is 6.11. The molecule has 0 atom stereocenters. The lowest BCUT2D eigenvalue weighted by molar-refractivity contribution is 1.44. The lowest BCUT2D eigenvalue weighted by atomic mass is 10.3. The minimum absolute atomic E-state index is 0.616. The van der Waals surface area contributed by atoms with E-state index in [4.69, 9.17) is 23.2 Å². The molecule has 3 aromatic rings. The molecule has 0 unspecified atom stereocenters. The molecule has 1 heterocycles. The highest BCUT2D eigenvalue weighted by Gasteiger charge is 2.07. The maximum absolute atomic E-state index is 6.12. The molecule has 0 fully saturated rings. The number of aromatic nitrogens is 1. The van der Waals surface area contributed by atoms with Crippen molar-refractivity contribution < 1.29 is 0 Å². The van der Waals surface area contributed by atoms with Gasteiger partial charge in [0, 0.05) is 9.50 Å². The van der Waals surface area contributed by atoms with E-state index in [9.17, 15) is 0 Å². The molecule has 0 amide bonds. The largest absolute Gasteiger partial charge is 0.330 e. The Morgan fingerprint density at radius 2 is 1.95 bits per heavy atom. The summed E-state index contributed by atoms with van der Waals surface area (Å²) in [5.74, 6) is 0. The van der Waals surface area contributed by atoms with Gasteiger partial charge >= 0.3 is 0 Å². The van der Waals surface area contributed by atoms with E-state index in [1.54, 1.807) is 29.5 Å². The molecule has 2 nitrogen and oxygen atoms in total. The molecule has 0 aliphatic heterocycles. The third-order valence-corrected chi connectivity index (χ3v) is 4.51. The van der Waals surface area contributed by atoms with Crippen LogP contribution in [-0.4, -0.2) is 4.98 Å². The van der Waals surface area contributed by atoms with E-state index in [1.807, 2.05) is 18.2 Å². The normalized spacial score (nSPS) is 10.9. The van der Waals surface area contributed by atoms with Crippen molar-refractivity contribution in [1.82, 2.24) is 4.98 Å². The fourth-order valence-electron chi connectivity index (χ4n) is 1.66. The van der Waals surface area contributed by atoms with Gasteiger partial charge in [-0.15, -0.1) is 0 Å². The quantitative estimate of drug-likeness (QED) is 0.586. The van der Waals surface area contributed by atoms with Crippen molar-refractivity contribution >= 4 is 71.5 Å². The molecular weight excluding hydrogens is 367 g/mol. The van der Waals surface area contributed by atoms with Gasteiger partial charge in [0.2, 0.25) is 0 Å². The number of halogens is 3. The van der Waals surface area contributed by atoms with Gasteiger partial charge in [-0.2, -0.15) is 0 Å². The number of fused-ring (bicyclic) bond motifs is 1. The molecule has 0 aliphatic rings. The van der Waals surface area contributed by atoms with E-state index in [0.717, 1.165) is 25.5 Å². The maximum Gasteiger partial charge on any atom is 0.188 e. The number of benzene rings is 2. The van der Waals surface area contributed by atoms with E-state index in [2.05, 4.69) is 26.2 Å². The van der Waals surface area contributed by atoms with Crippen molar-refractivity contribution in [3.8, 4) is 0 Å². The average Bonchev–Trinajstić information content (AvgIpc) is 2.75. The first-order chi connectivity index (χ1) is 9.11. The molecule has 0 aliphatic carbocycles. The summed E-state index contributed by atoms with van der Waals surface area (Å²) in [4.78, 5) is 4.50. The molecule has 0 spiro atoms. The Labute approximate surface area is 132 Å². The van der Waals surface area contributed by atoms with Gasteiger partial charge in [-0.1, -0.05) is 50.5 Å². The fraction of sp³-hybridized carbons (Fsp3) is 0. The standard InChI is InChI=1S/C13H7BrCl2N2S/c14-7-1-4-10-12(5-7)19-13(17-10)18-11-6-8(15)2-3-9(11)16/h1-6H,(H,17,18). The number of nitrogens with zero attached hydrogens (tertiary/aromatic N) is 1. The van der Waals surface area contributed by atoms with E-state index in [-0.39, 0.29) is 0 Å². The molecule has 0 saturated carbocycles. The Morgan fingerprint density at radius 3 is 2.79 bits per heavy atom. The molecule has 96 valence electrons. The smallest absolute Gasteiger partial charge is 0.188 e. The molecule has 3 rings (SSSR count). The second-order valence-corrected chi connectivity index (χ2v) is 6.67. The molecule has 19 heavy (non-hydrogen) atoms. The fourth-order valence-corrected chi connectivity index (χ4v) is 3.43. The van der Waals surface area contributed by atoms with Crippen molar-refractivity contribution in [2.45, 2.75) is 0 Å². The lowest BCUT2D eigenvalue weighted by Crippen LogP contribution is -1.89. The summed E-state index contributed by atoms with van der Waals surface area (Å²) in [5.41, 5.74) is 1.71. The molecule has 2 aromatic carbocycles. The van der Waals surface area contributed by atoms with Crippen molar-refractivity contribution in [3.63, 3.8) is 0 Å². The first kappa shape index (κ1) is 13.2. The van der Waals surface area contributed by atoms with Gasteiger partial charge in [0.15, 0.2) is 5.13 Å². The van der Waals surface area contributed by atoms with Crippen molar-refractivity contribution in [3.05, 3.63) is 50.9 Å². The number of anilines is 2. The van der Waals surface area contributed by atoms with Crippen molar-refractivity contribution in [2.24, 2.45) is 0 Å². The summed E-state index contributed by atoms with van der Waals surface area (Å²) < 4.78 is 2.14. The molecule has 6 heteroatoms. The van der Waals surface area contributed by atoms with E-state index in [1.165, 1.54) is 0 Å². The highest BCUT2D eigenvalue weighted by Crippen LogP contribution is 2.33. The first-order valence-corrected chi connectivity index (χ1v) is 7.76. The van der Waals surface area contributed by atoms with Crippen molar-refractivity contribution in [2.75, 3.05) is 5.32 Å². The zero-order valence-corrected chi connectivity index (χ0v) is 13.4. The van der Waals surface area contributed by atoms with Crippen LogP contribution in [-0.2, 0) is 0 Å². The molecule has 1 N–H and O–H groups in total. The summed E-state index contributed by atoms with van der Waals surface area (Å²) in [6.07, 6.45) is 0. The summed E-state index contributed by atoms with van der Waals surface area (Å²) in [6, 6.07) is 11.3. The topological polar surface area (TPSA) is 24.9 Å². The van der Waals surface area contributed by atoms with Crippen LogP contribution in [0.1, 0.15) is 0 Å². The monoisotopic (exact) mass is 372 g/mol. The van der Waals surface area contributed by atoms with Gasteiger partial charge in [0.25, 0.3) is 0 Å². The van der Waals surface area contributed by atoms with Gasteiger partial charge in [0.1, 0.15) is 0 Å². The SMILES string of the molecule is Clc1ccc(Cl)c(Nc2nc3ccc(Br)cc3s2)c1. The van der Waals surface area contributed by atoms with E-state index in [0.29, 0.717) is 10.0 Å². The zero-order valence-electron chi connectivity index (χ0n) is 9.45. The second-order valence-electron chi connectivity index (χ2n) is 3.88. The van der Waals surface area contributed by atoms with Crippen LogP contribution in [0.2, 0.25) is 10.0 Å². The third kappa shape index (κ3) is 2.87. The maximum atomic E-state index is 6.12. The third-order valence-electron chi connectivity index (χ3n) is 2.52. The van der Waals surface area contributed by atoms with Crippen LogP contribution < -0.4 is 5.32 Å². The van der Waals surface area contributed by atoms with E-state index < -0.39 is 0 Å². The summed E-state index contributed by atoms with van der Waals surface area (Å²) in [6.45, 7) is 0. The van der Waals surface area contributed by atoms with Crippen LogP contribution in [0.3, 0.4) is 0 Å². The Morgan fingerprint density at radius 1 is 1.11 bits per heavy atom. The van der Waals surface area contributed by atoms with Crippen LogP contribution in [0, 0.1) is 0 Å². The minimum Gasteiger partial charge on any atom is -0.330 e. The minimum atomic E-state index is 0.616. The highest BCUT2D eigenvalue weighted by molar-refractivity contribution is 9.10. The van der Waals surface area contributed by atoms with Gasteiger partial charge in [-0.25, -0.2) is 4.98 Å². The van der Waals surface area contributed by atoms with Gasteiger partial charge in [0.05, 0.1) is 20.9 Å². The van der Waals surface area contributed by atoms with Gasteiger partial charge in [-0.3, -0.25) is 0 Å². The first-order valence-electron chi connectivity index (χ1n) is 5.40.